The van der Waals surface area contributed by atoms with Crippen molar-refractivity contribution in [2.45, 2.75) is 13.3 Å². The van der Waals surface area contributed by atoms with E-state index in [1.807, 2.05) is 29.8 Å². The van der Waals surface area contributed by atoms with E-state index in [4.69, 9.17) is 0 Å². The van der Waals surface area contributed by atoms with Crippen LogP contribution < -0.4 is 0 Å². The average Bonchev–Trinajstić information content (AvgIpc) is 2.82. The molecule has 1 aromatic carbocycles. The number of carbonyl (C=O) groups is 1. The molecule has 0 aliphatic rings. The van der Waals surface area contributed by atoms with Gasteiger partial charge in [0.15, 0.2) is 0 Å². The number of nitrogens with zero attached hydrogens (tertiary/aromatic N) is 2. The van der Waals surface area contributed by atoms with Gasteiger partial charge in [0.05, 0.1) is 23.9 Å². The zero-order valence-electron chi connectivity index (χ0n) is 11.8. The molecular weight excluding hydrogens is 252 g/mol. The van der Waals surface area contributed by atoms with Gasteiger partial charge in [0.1, 0.15) is 6.07 Å². The van der Waals surface area contributed by atoms with Crippen molar-refractivity contribution < 1.29 is 9.53 Å². The van der Waals surface area contributed by atoms with Crippen LogP contribution in [0.5, 0.6) is 0 Å². The number of benzene rings is 1. The minimum Gasteiger partial charge on any atom is -0.465 e. The highest BCUT2D eigenvalue weighted by Gasteiger charge is 2.14. The zero-order chi connectivity index (χ0) is 14.7. The van der Waals surface area contributed by atoms with Gasteiger partial charge in [0, 0.05) is 12.7 Å². The standard InChI is InChI=1S/C16H16N2O2/c1-4-14-9-13(10-17)15(18(14)2)11-5-7-12(8-6-11)16(19)20-3/h5-9H,4H2,1-3H3. The Labute approximate surface area is 118 Å². The molecule has 0 spiro atoms. The van der Waals surface area contributed by atoms with Crippen LogP contribution in [0.2, 0.25) is 0 Å². The van der Waals surface area contributed by atoms with Crippen LogP contribution in [0.4, 0.5) is 0 Å². The fourth-order valence-corrected chi connectivity index (χ4v) is 2.31. The molecule has 0 unspecified atom stereocenters. The molecule has 102 valence electrons. The van der Waals surface area contributed by atoms with Crippen LogP contribution in [0.3, 0.4) is 0 Å². The number of rotatable bonds is 3. The number of aryl methyl sites for hydroxylation is 1. The number of ether oxygens (including phenoxy) is 1. The van der Waals surface area contributed by atoms with Crippen LogP contribution in [-0.4, -0.2) is 17.6 Å². The van der Waals surface area contributed by atoms with Crippen LogP contribution in [0.25, 0.3) is 11.3 Å². The van der Waals surface area contributed by atoms with Crippen molar-refractivity contribution in [1.82, 2.24) is 4.57 Å². The maximum atomic E-state index is 11.4. The van der Waals surface area contributed by atoms with Crippen LogP contribution >= 0.6 is 0 Å². The van der Waals surface area contributed by atoms with Gasteiger partial charge in [-0.2, -0.15) is 5.26 Å². The first-order valence-corrected chi connectivity index (χ1v) is 6.39. The predicted molar refractivity (Wildman–Crippen MR) is 76.3 cm³/mol. The molecule has 1 aromatic heterocycles. The number of carbonyl (C=O) groups excluding carboxylic acids is 1. The van der Waals surface area contributed by atoms with Gasteiger partial charge in [0.2, 0.25) is 0 Å². The number of esters is 1. The normalized spacial score (nSPS) is 10.1. The minimum atomic E-state index is -0.363. The molecule has 20 heavy (non-hydrogen) atoms. The van der Waals surface area contributed by atoms with E-state index in [-0.39, 0.29) is 5.97 Å². The molecule has 0 radical (unpaired) electrons. The van der Waals surface area contributed by atoms with Gasteiger partial charge in [-0.25, -0.2) is 4.79 Å². The topological polar surface area (TPSA) is 55.0 Å². The van der Waals surface area contributed by atoms with Gasteiger partial charge in [0.25, 0.3) is 0 Å². The summed E-state index contributed by atoms with van der Waals surface area (Å²) in [5.41, 5.74) is 4.04. The van der Waals surface area contributed by atoms with E-state index >= 15 is 0 Å². The maximum Gasteiger partial charge on any atom is 0.337 e. The first kappa shape index (κ1) is 13.9. The second-order valence-electron chi connectivity index (χ2n) is 4.49. The molecule has 0 fully saturated rings. The molecule has 0 aliphatic carbocycles. The number of aromatic nitrogens is 1. The number of nitriles is 1. The summed E-state index contributed by atoms with van der Waals surface area (Å²) in [5.74, 6) is -0.363. The Bertz CT molecular complexity index is 676. The summed E-state index contributed by atoms with van der Waals surface area (Å²) in [5, 5.41) is 9.26. The third-order valence-electron chi connectivity index (χ3n) is 3.39. The summed E-state index contributed by atoms with van der Waals surface area (Å²) in [6, 6.07) is 11.2. The van der Waals surface area contributed by atoms with E-state index < -0.39 is 0 Å². The van der Waals surface area contributed by atoms with Gasteiger partial charge in [-0.05, 0) is 30.2 Å². The number of hydrogen-bond donors (Lipinski definition) is 0. The van der Waals surface area contributed by atoms with E-state index in [1.165, 1.54) is 7.11 Å². The van der Waals surface area contributed by atoms with E-state index in [0.29, 0.717) is 11.1 Å². The average molecular weight is 268 g/mol. The molecule has 0 N–H and O–H groups in total. The second-order valence-corrected chi connectivity index (χ2v) is 4.49. The fourth-order valence-electron chi connectivity index (χ4n) is 2.31. The second kappa shape index (κ2) is 5.62. The summed E-state index contributed by atoms with van der Waals surface area (Å²) < 4.78 is 6.70. The summed E-state index contributed by atoms with van der Waals surface area (Å²) in [6.07, 6.45) is 0.866. The lowest BCUT2D eigenvalue weighted by molar-refractivity contribution is 0.0601. The Kier molecular flexibility index (Phi) is 3.90. The molecular formula is C16H16N2O2. The van der Waals surface area contributed by atoms with E-state index in [2.05, 4.69) is 17.7 Å². The molecule has 0 aliphatic heterocycles. The van der Waals surface area contributed by atoms with E-state index in [9.17, 15) is 10.1 Å². The minimum absolute atomic E-state index is 0.363. The summed E-state index contributed by atoms with van der Waals surface area (Å²) in [4.78, 5) is 11.4. The molecule has 0 atom stereocenters. The highest BCUT2D eigenvalue weighted by Crippen LogP contribution is 2.27. The van der Waals surface area contributed by atoms with Crippen LogP contribution in [0.15, 0.2) is 30.3 Å². The highest BCUT2D eigenvalue weighted by molar-refractivity contribution is 5.90. The smallest absolute Gasteiger partial charge is 0.337 e. The van der Waals surface area contributed by atoms with E-state index in [1.54, 1.807) is 12.1 Å². The summed E-state index contributed by atoms with van der Waals surface area (Å²) >= 11 is 0. The lowest BCUT2D eigenvalue weighted by Gasteiger charge is -2.08. The largest absolute Gasteiger partial charge is 0.465 e. The molecule has 0 bridgehead atoms. The molecule has 0 amide bonds. The van der Waals surface area contributed by atoms with Crippen molar-refractivity contribution in [3.63, 3.8) is 0 Å². The van der Waals surface area contributed by atoms with Gasteiger partial charge >= 0.3 is 5.97 Å². The van der Waals surface area contributed by atoms with Crippen molar-refractivity contribution in [3.8, 4) is 17.3 Å². The Morgan fingerprint density at radius 1 is 1.35 bits per heavy atom. The van der Waals surface area contributed by atoms with Crippen molar-refractivity contribution in [1.29, 1.82) is 5.26 Å². The van der Waals surface area contributed by atoms with Crippen molar-refractivity contribution in [2.24, 2.45) is 7.05 Å². The Balaban J connectivity index is 2.49. The maximum absolute atomic E-state index is 11.4. The lowest BCUT2D eigenvalue weighted by atomic mass is 10.1. The third kappa shape index (κ3) is 2.30. The van der Waals surface area contributed by atoms with Crippen molar-refractivity contribution in [3.05, 3.63) is 47.2 Å². The van der Waals surface area contributed by atoms with Gasteiger partial charge < -0.3 is 9.30 Å². The van der Waals surface area contributed by atoms with Crippen LogP contribution in [0.1, 0.15) is 28.5 Å². The monoisotopic (exact) mass is 268 g/mol. The first-order valence-electron chi connectivity index (χ1n) is 6.39. The van der Waals surface area contributed by atoms with Crippen molar-refractivity contribution in [2.75, 3.05) is 7.11 Å². The van der Waals surface area contributed by atoms with Gasteiger partial charge in [-0.1, -0.05) is 19.1 Å². The Morgan fingerprint density at radius 3 is 2.50 bits per heavy atom. The molecule has 4 nitrogen and oxygen atoms in total. The van der Waals surface area contributed by atoms with Gasteiger partial charge in [-0.3, -0.25) is 0 Å². The third-order valence-corrected chi connectivity index (χ3v) is 3.39. The quantitative estimate of drug-likeness (QED) is 0.804. The van der Waals surface area contributed by atoms with Crippen molar-refractivity contribution >= 4 is 5.97 Å². The van der Waals surface area contributed by atoms with E-state index in [0.717, 1.165) is 23.4 Å². The predicted octanol–water partition coefficient (Wildman–Crippen LogP) is 2.91. The molecule has 0 saturated heterocycles. The van der Waals surface area contributed by atoms with Crippen LogP contribution in [-0.2, 0) is 18.2 Å². The fraction of sp³-hybridized carbons (Fsp3) is 0.250. The molecule has 0 saturated carbocycles. The summed E-state index contributed by atoms with van der Waals surface area (Å²) in [6.45, 7) is 2.06. The lowest BCUT2D eigenvalue weighted by Crippen LogP contribution is -2.01. The van der Waals surface area contributed by atoms with Gasteiger partial charge in [-0.15, -0.1) is 0 Å². The SMILES string of the molecule is CCc1cc(C#N)c(-c2ccc(C(=O)OC)cc2)n1C. The summed E-state index contributed by atoms with van der Waals surface area (Å²) in [7, 11) is 3.30. The Morgan fingerprint density at radius 2 is 2.00 bits per heavy atom. The highest BCUT2D eigenvalue weighted by atomic mass is 16.5. The van der Waals surface area contributed by atoms with Crippen LogP contribution in [0, 0.1) is 11.3 Å². The number of methoxy groups -OCH3 is 1. The molecule has 2 aromatic rings. The molecule has 4 heteroatoms. The zero-order valence-corrected chi connectivity index (χ0v) is 11.8. The first-order chi connectivity index (χ1) is 9.62. The Hall–Kier alpha value is -2.54. The molecule has 2 rings (SSSR count). The molecule has 1 heterocycles. The number of hydrogen-bond acceptors (Lipinski definition) is 3.